The van der Waals surface area contributed by atoms with Gasteiger partial charge in [0.2, 0.25) is 11.8 Å². The van der Waals surface area contributed by atoms with Crippen LogP contribution in [0.3, 0.4) is 0 Å². The summed E-state index contributed by atoms with van der Waals surface area (Å²) in [6.07, 6.45) is 1.75. The van der Waals surface area contributed by atoms with Crippen LogP contribution in [0.25, 0.3) is 0 Å². The summed E-state index contributed by atoms with van der Waals surface area (Å²) in [6.45, 7) is 3.18. The van der Waals surface area contributed by atoms with E-state index in [0.717, 1.165) is 34.3 Å². The van der Waals surface area contributed by atoms with E-state index in [4.69, 9.17) is 14.2 Å². The Hall–Kier alpha value is -2.82. The zero-order chi connectivity index (χ0) is 23.0. The van der Waals surface area contributed by atoms with E-state index in [0.29, 0.717) is 32.1 Å². The lowest BCUT2D eigenvalue weighted by atomic mass is 9.93. The number of carbonyl (C=O) groups is 4. The molecule has 1 N–H and O–H groups in total. The number of rotatable bonds is 1. The van der Waals surface area contributed by atoms with E-state index in [1.54, 1.807) is 12.1 Å². The molecular formula is C23H26N3O7+. The van der Waals surface area contributed by atoms with Crippen molar-refractivity contribution < 1.29 is 37.9 Å². The fourth-order valence-corrected chi connectivity index (χ4v) is 5.87. The van der Waals surface area contributed by atoms with Crippen LogP contribution in [0.5, 0.6) is 5.75 Å². The predicted molar refractivity (Wildman–Crippen MR) is 111 cm³/mol. The van der Waals surface area contributed by atoms with Crippen LogP contribution in [0.2, 0.25) is 0 Å². The summed E-state index contributed by atoms with van der Waals surface area (Å²) in [5.41, 5.74) is 1.40. The van der Waals surface area contributed by atoms with Gasteiger partial charge in [0.05, 0.1) is 50.8 Å². The Morgan fingerprint density at radius 2 is 1.82 bits per heavy atom. The molecule has 6 rings (SSSR count). The Balaban J connectivity index is 1.30. The first-order valence-corrected chi connectivity index (χ1v) is 11.4. The molecule has 1 aromatic carbocycles. The lowest BCUT2D eigenvalue weighted by Gasteiger charge is -2.48. The Morgan fingerprint density at radius 1 is 1.09 bits per heavy atom. The van der Waals surface area contributed by atoms with Crippen molar-refractivity contribution in [3.8, 4) is 5.75 Å². The second-order valence-corrected chi connectivity index (χ2v) is 9.84. The number of piperidine rings is 2. The average Bonchev–Trinajstić information content (AvgIpc) is 3.28. The van der Waals surface area contributed by atoms with Gasteiger partial charge in [-0.15, -0.1) is 0 Å². The standard InChI is InChI=1S/C23H25N3O7/c1-26-5-4-23(32-6-7-33-23)10-14(26)12-31-18-9-16-15(8-13(18)11-26)21(29)25(22(16)30)17-2-3-19(27)24-20(17)28/h8-9,14,17H,2-7,10-12H2,1H3/p+1/t14-,17?,26?/m0/s1. The molecule has 3 saturated heterocycles. The van der Waals surface area contributed by atoms with Gasteiger partial charge in [-0.1, -0.05) is 0 Å². The molecule has 1 spiro atoms. The highest BCUT2D eigenvalue weighted by atomic mass is 16.7. The predicted octanol–water partition coefficient (Wildman–Crippen LogP) is 0.332. The van der Waals surface area contributed by atoms with Crippen LogP contribution in [-0.2, 0) is 25.6 Å². The first-order valence-electron chi connectivity index (χ1n) is 11.4. The molecule has 3 fully saturated rings. The highest BCUT2D eigenvalue weighted by molar-refractivity contribution is 6.23. The molecule has 5 aliphatic heterocycles. The quantitative estimate of drug-likeness (QED) is 0.479. The Labute approximate surface area is 190 Å². The van der Waals surface area contributed by atoms with Crippen LogP contribution in [0.15, 0.2) is 12.1 Å². The number of imide groups is 2. The zero-order valence-electron chi connectivity index (χ0n) is 18.4. The molecule has 3 atom stereocenters. The molecule has 5 aliphatic rings. The highest BCUT2D eigenvalue weighted by Crippen LogP contribution is 2.42. The lowest BCUT2D eigenvalue weighted by molar-refractivity contribution is -0.953. The number of nitrogens with zero attached hydrogens (tertiary/aromatic N) is 2. The highest BCUT2D eigenvalue weighted by Gasteiger charge is 2.52. The summed E-state index contributed by atoms with van der Waals surface area (Å²) in [6, 6.07) is 2.56. The average molecular weight is 456 g/mol. The van der Waals surface area contributed by atoms with E-state index in [1.165, 1.54) is 0 Å². The number of likely N-dealkylation sites (N-methyl/N-ethyl adjacent to an activating group) is 1. The minimum atomic E-state index is -0.977. The first kappa shape index (κ1) is 20.8. The third kappa shape index (κ3) is 3.12. The van der Waals surface area contributed by atoms with Crippen molar-refractivity contribution in [2.24, 2.45) is 0 Å². The third-order valence-electron chi connectivity index (χ3n) is 7.83. The Kier molecular flexibility index (Phi) is 4.46. The summed E-state index contributed by atoms with van der Waals surface area (Å²) in [5.74, 6) is -1.96. The van der Waals surface area contributed by atoms with E-state index in [1.807, 2.05) is 0 Å². The number of benzene rings is 1. The van der Waals surface area contributed by atoms with Crippen LogP contribution in [0.4, 0.5) is 0 Å². The summed E-state index contributed by atoms with van der Waals surface area (Å²) in [5, 5.41) is 2.22. The molecule has 33 heavy (non-hydrogen) atoms. The van der Waals surface area contributed by atoms with Crippen molar-refractivity contribution in [2.45, 2.75) is 50.1 Å². The number of carbonyl (C=O) groups excluding carboxylic acids is 4. The van der Waals surface area contributed by atoms with Crippen LogP contribution in [-0.4, -0.2) is 84.3 Å². The van der Waals surface area contributed by atoms with Gasteiger partial charge in [-0.3, -0.25) is 29.4 Å². The number of quaternary nitrogens is 1. The SMILES string of the molecule is C[N+]12CCC3(C[C@H]1COc1cc4c(cc1C2)C(=O)N(C1CCC(=O)NC1=O)C4=O)OCCO3. The molecule has 10 nitrogen and oxygen atoms in total. The van der Waals surface area contributed by atoms with Gasteiger partial charge >= 0.3 is 0 Å². The Bertz CT molecular complexity index is 1100. The van der Waals surface area contributed by atoms with Crippen molar-refractivity contribution in [2.75, 3.05) is 33.4 Å². The summed E-state index contributed by atoms with van der Waals surface area (Å²) < 4.78 is 18.8. The van der Waals surface area contributed by atoms with Gasteiger partial charge in [0.1, 0.15) is 31.0 Å². The maximum absolute atomic E-state index is 13.2. The molecule has 0 radical (unpaired) electrons. The number of ether oxygens (including phenoxy) is 3. The summed E-state index contributed by atoms with van der Waals surface area (Å²) >= 11 is 0. The minimum Gasteiger partial charge on any atom is -0.487 e. The first-order chi connectivity index (χ1) is 15.8. The summed E-state index contributed by atoms with van der Waals surface area (Å²) in [7, 11) is 2.18. The number of nitrogens with one attached hydrogen (secondary N) is 1. The molecule has 2 unspecified atom stereocenters. The van der Waals surface area contributed by atoms with Crippen molar-refractivity contribution in [3.63, 3.8) is 0 Å². The van der Waals surface area contributed by atoms with Gasteiger partial charge in [0.25, 0.3) is 11.8 Å². The molecule has 10 heteroatoms. The second-order valence-electron chi connectivity index (χ2n) is 9.84. The maximum Gasteiger partial charge on any atom is 0.262 e. The molecule has 1 aromatic rings. The van der Waals surface area contributed by atoms with Crippen molar-refractivity contribution in [3.05, 3.63) is 28.8 Å². The normalized spacial score (nSPS) is 32.7. The van der Waals surface area contributed by atoms with E-state index in [-0.39, 0.29) is 30.0 Å². The van der Waals surface area contributed by atoms with Crippen molar-refractivity contribution in [1.29, 1.82) is 0 Å². The van der Waals surface area contributed by atoms with E-state index < -0.39 is 35.5 Å². The monoisotopic (exact) mass is 456 g/mol. The van der Waals surface area contributed by atoms with Gasteiger partial charge in [0.15, 0.2) is 5.79 Å². The zero-order valence-corrected chi connectivity index (χ0v) is 18.4. The van der Waals surface area contributed by atoms with Crippen LogP contribution < -0.4 is 10.1 Å². The van der Waals surface area contributed by atoms with Gasteiger partial charge in [-0.25, -0.2) is 0 Å². The topological polar surface area (TPSA) is 111 Å². The molecule has 0 saturated carbocycles. The van der Waals surface area contributed by atoms with E-state index in [2.05, 4.69) is 12.4 Å². The molecule has 4 amide bonds. The third-order valence-corrected chi connectivity index (χ3v) is 7.83. The number of hydrogen-bond donors (Lipinski definition) is 1. The number of amides is 4. The smallest absolute Gasteiger partial charge is 0.262 e. The van der Waals surface area contributed by atoms with Crippen molar-refractivity contribution in [1.82, 2.24) is 10.2 Å². The second kappa shape index (κ2) is 7.09. The van der Waals surface area contributed by atoms with E-state index >= 15 is 0 Å². The molecule has 5 heterocycles. The van der Waals surface area contributed by atoms with Gasteiger partial charge < -0.3 is 18.7 Å². The lowest BCUT2D eigenvalue weighted by Crippen LogP contribution is -2.61. The number of fused-ring (bicyclic) bond motifs is 3. The van der Waals surface area contributed by atoms with Crippen LogP contribution in [0, 0.1) is 0 Å². The fraction of sp³-hybridized carbons (Fsp3) is 0.565. The molecule has 0 bridgehead atoms. The fourth-order valence-electron chi connectivity index (χ4n) is 5.87. The molecule has 0 aromatic heterocycles. The molecule has 0 aliphatic carbocycles. The molecular weight excluding hydrogens is 430 g/mol. The number of hydrogen-bond acceptors (Lipinski definition) is 7. The maximum atomic E-state index is 13.2. The van der Waals surface area contributed by atoms with Gasteiger partial charge in [0, 0.05) is 12.0 Å². The van der Waals surface area contributed by atoms with E-state index in [9.17, 15) is 19.2 Å². The minimum absolute atomic E-state index is 0.0928. The Morgan fingerprint density at radius 3 is 2.55 bits per heavy atom. The largest absolute Gasteiger partial charge is 0.487 e. The van der Waals surface area contributed by atoms with Gasteiger partial charge in [-0.05, 0) is 18.6 Å². The summed E-state index contributed by atoms with van der Waals surface area (Å²) in [4.78, 5) is 51.1. The van der Waals surface area contributed by atoms with Crippen LogP contribution >= 0.6 is 0 Å². The van der Waals surface area contributed by atoms with Gasteiger partial charge in [-0.2, -0.15) is 0 Å². The molecule has 174 valence electrons. The van der Waals surface area contributed by atoms with Crippen molar-refractivity contribution >= 4 is 23.6 Å². The van der Waals surface area contributed by atoms with Crippen LogP contribution in [0.1, 0.15) is 52.0 Å².